The Hall–Kier alpha value is -1.85. The molecule has 1 rings (SSSR count). The summed E-state index contributed by atoms with van der Waals surface area (Å²) in [5.74, 6) is 0.310. The van der Waals surface area contributed by atoms with E-state index in [-0.39, 0.29) is 22.1 Å². The molecule has 0 aliphatic rings. The molecule has 0 fully saturated rings. The van der Waals surface area contributed by atoms with Gasteiger partial charge in [0.25, 0.3) is 0 Å². The Morgan fingerprint density at radius 1 is 1.12 bits per heavy atom. The van der Waals surface area contributed by atoms with Gasteiger partial charge in [0.1, 0.15) is 12.1 Å². The van der Waals surface area contributed by atoms with Gasteiger partial charge in [-0.3, -0.25) is 0 Å². The van der Waals surface area contributed by atoms with Crippen molar-refractivity contribution in [2.75, 3.05) is 5.32 Å². The van der Waals surface area contributed by atoms with E-state index < -0.39 is 0 Å². The highest BCUT2D eigenvalue weighted by atomic mass is 35.5. The van der Waals surface area contributed by atoms with Crippen LogP contribution in [0, 0.1) is 22.7 Å². The van der Waals surface area contributed by atoms with Crippen molar-refractivity contribution >= 4 is 17.4 Å². The van der Waals surface area contributed by atoms with Gasteiger partial charge in [-0.25, -0.2) is 9.97 Å². The van der Waals surface area contributed by atoms with Gasteiger partial charge >= 0.3 is 0 Å². The summed E-state index contributed by atoms with van der Waals surface area (Å²) >= 11 is 5.85. The molecule has 82 valence electrons. The highest BCUT2D eigenvalue weighted by molar-refractivity contribution is 6.31. The van der Waals surface area contributed by atoms with Crippen LogP contribution in [0.5, 0.6) is 0 Å². The first-order valence-corrected chi connectivity index (χ1v) is 4.91. The first kappa shape index (κ1) is 12.2. The Morgan fingerprint density at radius 2 is 1.62 bits per heavy atom. The molecule has 0 saturated heterocycles. The normalized spacial score (nSPS) is 10.4. The zero-order chi connectivity index (χ0) is 12.3. The minimum atomic E-state index is -0.251. The lowest BCUT2D eigenvalue weighted by molar-refractivity contribution is 0.629. The van der Waals surface area contributed by atoms with Crippen LogP contribution in [0.4, 0.5) is 5.82 Å². The SMILES string of the molecule is CC(C)(C)Nc1nc(C#N)c(C#N)nc1Cl. The molecule has 0 unspecified atom stereocenters. The second-order valence-electron chi connectivity index (χ2n) is 4.16. The Balaban J connectivity index is 3.25. The maximum atomic E-state index is 8.79. The summed E-state index contributed by atoms with van der Waals surface area (Å²) in [4.78, 5) is 7.76. The third-order valence-corrected chi connectivity index (χ3v) is 1.82. The Kier molecular flexibility index (Phi) is 3.31. The number of halogens is 1. The van der Waals surface area contributed by atoms with Gasteiger partial charge in [-0.1, -0.05) is 11.6 Å². The average Bonchev–Trinajstić information content (AvgIpc) is 2.18. The fourth-order valence-electron chi connectivity index (χ4n) is 1.01. The quantitative estimate of drug-likeness (QED) is 0.806. The van der Waals surface area contributed by atoms with Gasteiger partial charge in [0, 0.05) is 5.54 Å². The summed E-state index contributed by atoms with van der Waals surface area (Å²) in [5, 5.41) is 20.6. The predicted molar refractivity (Wildman–Crippen MR) is 59.8 cm³/mol. The predicted octanol–water partition coefficient (Wildman–Crippen LogP) is 2.08. The molecule has 0 spiro atoms. The molecule has 1 N–H and O–H groups in total. The molecule has 0 aliphatic carbocycles. The van der Waals surface area contributed by atoms with Crippen molar-refractivity contribution in [1.29, 1.82) is 10.5 Å². The molecule has 0 saturated carbocycles. The number of rotatable bonds is 1. The summed E-state index contributed by atoms with van der Waals surface area (Å²) in [6.07, 6.45) is 0. The van der Waals surface area contributed by atoms with Crippen LogP contribution in [-0.2, 0) is 0 Å². The fourth-order valence-corrected chi connectivity index (χ4v) is 1.18. The van der Waals surface area contributed by atoms with Crippen LogP contribution in [0.25, 0.3) is 0 Å². The van der Waals surface area contributed by atoms with E-state index >= 15 is 0 Å². The van der Waals surface area contributed by atoms with Crippen LogP contribution in [0.2, 0.25) is 5.15 Å². The molecule has 1 aromatic heterocycles. The molecule has 16 heavy (non-hydrogen) atoms. The summed E-state index contributed by atoms with van der Waals surface area (Å²) in [7, 11) is 0. The summed E-state index contributed by atoms with van der Waals surface area (Å²) < 4.78 is 0. The average molecular weight is 236 g/mol. The second kappa shape index (κ2) is 4.34. The zero-order valence-electron chi connectivity index (χ0n) is 9.17. The summed E-state index contributed by atoms with van der Waals surface area (Å²) in [6.45, 7) is 5.78. The highest BCUT2D eigenvalue weighted by Crippen LogP contribution is 2.21. The molecule has 0 radical (unpaired) electrons. The van der Waals surface area contributed by atoms with Crippen LogP contribution < -0.4 is 5.32 Å². The maximum Gasteiger partial charge on any atom is 0.179 e. The number of anilines is 1. The zero-order valence-corrected chi connectivity index (χ0v) is 9.92. The highest BCUT2D eigenvalue weighted by Gasteiger charge is 2.16. The van der Waals surface area contributed by atoms with Crippen LogP contribution in [0.15, 0.2) is 0 Å². The fraction of sp³-hybridized carbons (Fsp3) is 0.400. The second-order valence-corrected chi connectivity index (χ2v) is 4.52. The van der Waals surface area contributed by atoms with Crippen molar-refractivity contribution in [3.05, 3.63) is 16.5 Å². The summed E-state index contributed by atoms with van der Waals surface area (Å²) in [5.41, 5.74) is -0.343. The van der Waals surface area contributed by atoms with Gasteiger partial charge in [0.2, 0.25) is 0 Å². The molecule has 0 aliphatic heterocycles. The van der Waals surface area contributed by atoms with Gasteiger partial charge in [-0.05, 0) is 20.8 Å². The van der Waals surface area contributed by atoms with Gasteiger partial charge in [0.05, 0.1) is 0 Å². The van der Waals surface area contributed by atoms with Crippen molar-refractivity contribution in [2.24, 2.45) is 0 Å². The van der Waals surface area contributed by atoms with Gasteiger partial charge < -0.3 is 5.32 Å². The Morgan fingerprint density at radius 3 is 2.06 bits per heavy atom. The lowest BCUT2D eigenvalue weighted by atomic mass is 10.1. The molecule has 0 bridgehead atoms. The lowest BCUT2D eigenvalue weighted by Crippen LogP contribution is -2.27. The molecule has 1 heterocycles. The van der Waals surface area contributed by atoms with E-state index in [9.17, 15) is 0 Å². The number of nitriles is 2. The van der Waals surface area contributed by atoms with Crippen molar-refractivity contribution in [3.63, 3.8) is 0 Å². The number of nitrogens with zero attached hydrogens (tertiary/aromatic N) is 4. The maximum absolute atomic E-state index is 8.79. The first-order valence-electron chi connectivity index (χ1n) is 4.53. The van der Waals surface area contributed by atoms with Crippen molar-refractivity contribution in [3.8, 4) is 12.1 Å². The van der Waals surface area contributed by atoms with E-state index in [2.05, 4.69) is 15.3 Å². The van der Waals surface area contributed by atoms with Crippen LogP contribution in [-0.4, -0.2) is 15.5 Å². The third kappa shape index (κ3) is 2.82. The molecular formula is C10H10ClN5. The minimum Gasteiger partial charge on any atom is -0.363 e. The van der Waals surface area contributed by atoms with Crippen LogP contribution in [0.1, 0.15) is 32.2 Å². The van der Waals surface area contributed by atoms with E-state index in [1.54, 1.807) is 12.1 Å². The number of hydrogen-bond donors (Lipinski definition) is 1. The number of nitrogens with one attached hydrogen (secondary N) is 1. The van der Waals surface area contributed by atoms with Gasteiger partial charge in [-0.2, -0.15) is 10.5 Å². The first-order chi connectivity index (χ1) is 7.37. The smallest absolute Gasteiger partial charge is 0.179 e. The lowest BCUT2D eigenvalue weighted by Gasteiger charge is -2.21. The molecule has 0 amide bonds. The standard InChI is InChI=1S/C10H10ClN5/c1-10(2,3)16-9-8(11)14-6(4-12)7(5-13)15-9/h1-3H3,(H,15,16). The van der Waals surface area contributed by atoms with E-state index in [1.807, 2.05) is 20.8 Å². The van der Waals surface area contributed by atoms with Crippen molar-refractivity contribution in [1.82, 2.24) is 9.97 Å². The van der Waals surface area contributed by atoms with Crippen LogP contribution >= 0.6 is 11.6 Å². The molecular weight excluding hydrogens is 226 g/mol. The van der Waals surface area contributed by atoms with E-state index in [1.165, 1.54) is 0 Å². The largest absolute Gasteiger partial charge is 0.363 e. The monoisotopic (exact) mass is 235 g/mol. The van der Waals surface area contributed by atoms with Crippen molar-refractivity contribution < 1.29 is 0 Å². The Bertz CT molecular complexity index is 490. The van der Waals surface area contributed by atoms with Crippen molar-refractivity contribution in [2.45, 2.75) is 26.3 Å². The van der Waals surface area contributed by atoms with Gasteiger partial charge in [-0.15, -0.1) is 0 Å². The third-order valence-electron chi connectivity index (χ3n) is 1.56. The van der Waals surface area contributed by atoms with Gasteiger partial charge in [0.15, 0.2) is 22.4 Å². The molecule has 5 nitrogen and oxygen atoms in total. The van der Waals surface area contributed by atoms with Crippen LogP contribution in [0.3, 0.4) is 0 Å². The number of aromatic nitrogens is 2. The summed E-state index contributed by atoms with van der Waals surface area (Å²) in [6, 6.07) is 3.57. The van der Waals surface area contributed by atoms with E-state index in [0.717, 1.165) is 0 Å². The minimum absolute atomic E-state index is 0.0290. The Labute approximate surface area is 98.7 Å². The molecule has 0 aromatic carbocycles. The molecule has 6 heteroatoms. The number of hydrogen-bond acceptors (Lipinski definition) is 5. The topological polar surface area (TPSA) is 85.4 Å². The molecule has 1 aromatic rings. The van der Waals surface area contributed by atoms with E-state index in [0.29, 0.717) is 5.82 Å². The van der Waals surface area contributed by atoms with E-state index in [4.69, 9.17) is 22.1 Å². The molecule has 0 atom stereocenters.